The molecule has 0 aliphatic rings. The van der Waals surface area contributed by atoms with E-state index < -0.39 is 24.9 Å². The summed E-state index contributed by atoms with van der Waals surface area (Å²) >= 11 is 0. The molecule has 0 spiro atoms. The first-order valence-corrected chi connectivity index (χ1v) is 3.89. The molecule has 0 aromatic carbocycles. The van der Waals surface area contributed by atoms with Crippen LogP contribution in [0.15, 0.2) is 18.3 Å². The van der Waals surface area contributed by atoms with E-state index in [1.165, 1.54) is 0 Å². The predicted octanol–water partition coefficient (Wildman–Crippen LogP) is 1.79. The van der Waals surface area contributed by atoms with E-state index in [4.69, 9.17) is 5.11 Å². The van der Waals surface area contributed by atoms with Gasteiger partial charge >= 0.3 is 6.36 Å². The Hall–Kier alpha value is -1.21. The summed E-state index contributed by atoms with van der Waals surface area (Å²) in [6, 6.07) is 2.07. The highest BCUT2D eigenvalue weighted by atomic mass is 19.4. The molecule has 1 N–H and O–H groups in total. The number of alkyl halides is 3. The van der Waals surface area contributed by atoms with Crippen LogP contribution >= 0.6 is 0 Å². The Kier molecular flexibility index (Phi) is 3.59. The topological polar surface area (TPSA) is 42.4 Å². The second-order valence-electron chi connectivity index (χ2n) is 2.67. The quantitative estimate of drug-likeness (QED) is 0.797. The monoisotopic (exact) mass is 225 g/mol. The van der Waals surface area contributed by atoms with Gasteiger partial charge in [-0.15, -0.1) is 13.2 Å². The lowest BCUT2D eigenvalue weighted by Crippen LogP contribution is -2.19. The van der Waals surface area contributed by atoms with E-state index in [0.717, 1.165) is 18.3 Å². The maximum Gasteiger partial charge on any atom is 0.522 e. The Morgan fingerprint density at radius 2 is 2.07 bits per heavy atom. The fourth-order valence-corrected chi connectivity index (χ4v) is 0.843. The second kappa shape index (κ2) is 4.54. The first kappa shape index (κ1) is 11.9. The second-order valence-corrected chi connectivity index (χ2v) is 2.67. The lowest BCUT2D eigenvalue weighted by molar-refractivity contribution is -0.331. The third-order valence-electron chi connectivity index (χ3n) is 1.50. The molecular formula is C8H7F4NO2. The SMILES string of the molecule is OC(COC(F)(F)F)c1ccc(F)cn1. The summed E-state index contributed by atoms with van der Waals surface area (Å²) in [5, 5.41) is 9.16. The molecule has 1 heterocycles. The van der Waals surface area contributed by atoms with Gasteiger partial charge in [0.05, 0.1) is 18.5 Å². The third kappa shape index (κ3) is 4.22. The van der Waals surface area contributed by atoms with Gasteiger partial charge in [0.2, 0.25) is 0 Å². The van der Waals surface area contributed by atoms with Crippen LogP contribution in [0.25, 0.3) is 0 Å². The normalized spacial score (nSPS) is 13.9. The molecule has 0 bridgehead atoms. The average molecular weight is 225 g/mol. The van der Waals surface area contributed by atoms with Gasteiger partial charge < -0.3 is 5.11 Å². The molecular weight excluding hydrogens is 218 g/mol. The van der Waals surface area contributed by atoms with Gasteiger partial charge in [0.25, 0.3) is 0 Å². The van der Waals surface area contributed by atoms with Crippen molar-refractivity contribution in [2.24, 2.45) is 0 Å². The Labute approximate surface area is 82.3 Å². The first-order valence-electron chi connectivity index (χ1n) is 3.89. The number of rotatable bonds is 3. The van der Waals surface area contributed by atoms with Gasteiger partial charge in [-0.05, 0) is 12.1 Å². The minimum Gasteiger partial charge on any atom is -0.384 e. The fraction of sp³-hybridized carbons (Fsp3) is 0.375. The summed E-state index contributed by atoms with van der Waals surface area (Å²) in [6.07, 6.45) is -5.54. The van der Waals surface area contributed by atoms with Crippen molar-refractivity contribution < 1.29 is 27.4 Å². The molecule has 1 unspecified atom stereocenters. The lowest BCUT2D eigenvalue weighted by atomic mass is 10.2. The maximum absolute atomic E-state index is 12.4. The molecule has 15 heavy (non-hydrogen) atoms. The number of aromatic nitrogens is 1. The van der Waals surface area contributed by atoms with E-state index in [2.05, 4.69) is 9.72 Å². The molecule has 1 aromatic rings. The number of aliphatic hydroxyl groups excluding tert-OH is 1. The zero-order chi connectivity index (χ0) is 11.5. The molecule has 84 valence electrons. The van der Waals surface area contributed by atoms with Crippen molar-refractivity contribution in [2.45, 2.75) is 12.5 Å². The average Bonchev–Trinajstić information content (AvgIpc) is 2.14. The fourth-order valence-electron chi connectivity index (χ4n) is 0.843. The van der Waals surface area contributed by atoms with Crippen LogP contribution in [0.5, 0.6) is 0 Å². The predicted molar refractivity (Wildman–Crippen MR) is 41.2 cm³/mol. The Morgan fingerprint density at radius 3 is 2.53 bits per heavy atom. The largest absolute Gasteiger partial charge is 0.522 e. The molecule has 1 atom stereocenters. The van der Waals surface area contributed by atoms with Crippen molar-refractivity contribution in [3.63, 3.8) is 0 Å². The van der Waals surface area contributed by atoms with Crippen molar-refractivity contribution >= 4 is 0 Å². The summed E-state index contributed by atoms with van der Waals surface area (Å²) in [5.74, 6) is -0.636. The molecule has 3 nitrogen and oxygen atoms in total. The lowest BCUT2D eigenvalue weighted by Gasteiger charge is -2.12. The summed E-state index contributed by atoms with van der Waals surface area (Å²) in [4.78, 5) is 3.41. The van der Waals surface area contributed by atoms with Gasteiger partial charge in [0.1, 0.15) is 11.9 Å². The van der Waals surface area contributed by atoms with E-state index in [0.29, 0.717) is 0 Å². The third-order valence-corrected chi connectivity index (χ3v) is 1.50. The van der Waals surface area contributed by atoms with Crippen LogP contribution in [0.2, 0.25) is 0 Å². The molecule has 0 aliphatic carbocycles. The molecule has 0 amide bonds. The van der Waals surface area contributed by atoms with E-state index in [-0.39, 0.29) is 5.69 Å². The van der Waals surface area contributed by atoms with Crippen LogP contribution in [0, 0.1) is 5.82 Å². The highest BCUT2D eigenvalue weighted by molar-refractivity contribution is 5.07. The number of hydrogen-bond acceptors (Lipinski definition) is 3. The van der Waals surface area contributed by atoms with Crippen molar-refractivity contribution in [2.75, 3.05) is 6.61 Å². The van der Waals surface area contributed by atoms with E-state index in [1.54, 1.807) is 0 Å². The molecule has 7 heteroatoms. The summed E-state index contributed by atoms with van der Waals surface area (Å²) in [7, 11) is 0. The van der Waals surface area contributed by atoms with Gasteiger partial charge in [0.15, 0.2) is 0 Å². The van der Waals surface area contributed by atoms with Gasteiger partial charge in [-0.25, -0.2) is 4.39 Å². The summed E-state index contributed by atoms with van der Waals surface area (Å²) in [6.45, 7) is -0.970. The van der Waals surface area contributed by atoms with Crippen molar-refractivity contribution in [3.05, 3.63) is 29.8 Å². The number of ether oxygens (including phenoxy) is 1. The highest BCUT2D eigenvalue weighted by Gasteiger charge is 2.30. The number of halogens is 4. The van der Waals surface area contributed by atoms with E-state index in [9.17, 15) is 17.6 Å². The van der Waals surface area contributed by atoms with Crippen LogP contribution in [0.4, 0.5) is 17.6 Å². The van der Waals surface area contributed by atoms with Gasteiger partial charge in [-0.1, -0.05) is 0 Å². The van der Waals surface area contributed by atoms with Gasteiger partial charge in [-0.3, -0.25) is 9.72 Å². The molecule has 0 saturated carbocycles. The zero-order valence-electron chi connectivity index (χ0n) is 7.33. The summed E-state index contributed by atoms with van der Waals surface area (Å²) < 4.78 is 50.5. The van der Waals surface area contributed by atoms with Crippen molar-refractivity contribution in [3.8, 4) is 0 Å². The minimum atomic E-state index is -4.80. The number of aliphatic hydroxyl groups is 1. The maximum atomic E-state index is 12.4. The van der Waals surface area contributed by atoms with Gasteiger partial charge in [0, 0.05) is 0 Å². The molecule has 1 aromatic heterocycles. The van der Waals surface area contributed by atoms with Crippen LogP contribution in [-0.4, -0.2) is 23.1 Å². The highest BCUT2D eigenvalue weighted by Crippen LogP contribution is 2.19. The van der Waals surface area contributed by atoms with Crippen LogP contribution < -0.4 is 0 Å². The van der Waals surface area contributed by atoms with E-state index >= 15 is 0 Å². The molecule has 0 radical (unpaired) electrons. The van der Waals surface area contributed by atoms with Gasteiger partial charge in [-0.2, -0.15) is 0 Å². The Balaban J connectivity index is 2.54. The van der Waals surface area contributed by atoms with Crippen molar-refractivity contribution in [1.82, 2.24) is 4.98 Å². The zero-order valence-corrected chi connectivity index (χ0v) is 7.33. The van der Waals surface area contributed by atoms with E-state index in [1.807, 2.05) is 0 Å². The number of hydrogen-bond donors (Lipinski definition) is 1. The summed E-state index contributed by atoms with van der Waals surface area (Å²) in [5.41, 5.74) is -0.0827. The van der Waals surface area contributed by atoms with Crippen LogP contribution in [-0.2, 0) is 4.74 Å². The van der Waals surface area contributed by atoms with Crippen LogP contribution in [0.1, 0.15) is 11.8 Å². The number of nitrogens with zero attached hydrogens (tertiary/aromatic N) is 1. The first-order chi connectivity index (χ1) is 6.88. The number of pyridine rings is 1. The molecule has 1 rings (SSSR count). The van der Waals surface area contributed by atoms with Crippen LogP contribution in [0.3, 0.4) is 0 Å². The minimum absolute atomic E-state index is 0.0827. The van der Waals surface area contributed by atoms with Crippen molar-refractivity contribution in [1.29, 1.82) is 0 Å². The molecule has 0 saturated heterocycles. The Bertz CT molecular complexity index is 311. The Morgan fingerprint density at radius 1 is 1.40 bits per heavy atom. The standard InChI is InChI=1S/C8H7F4NO2/c9-5-1-2-6(13-3-5)7(14)4-15-8(10,11)12/h1-3,7,14H,4H2. The molecule has 0 fully saturated rings. The molecule has 0 aliphatic heterocycles. The smallest absolute Gasteiger partial charge is 0.384 e.